The Balaban J connectivity index is 1.43. The average molecular weight is 452 g/mol. The van der Waals surface area contributed by atoms with Gasteiger partial charge >= 0.3 is 0 Å². The number of nitrogens with one attached hydrogen (secondary N) is 3. The van der Waals surface area contributed by atoms with Gasteiger partial charge in [-0.2, -0.15) is 0 Å². The molecule has 3 heterocycles. The number of rotatable bonds is 7. The fourth-order valence-electron chi connectivity index (χ4n) is 4.06. The van der Waals surface area contributed by atoms with Gasteiger partial charge in [-0.1, -0.05) is 23.7 Å². The van der Waals surface area contributed by atoms with Gasteiger partial charge in [0.1, 0.15) is 11.7 Å². The Kier molecular flexibility index (Phi) is 6.87. The van der Waals surface area contributed by atoms with Gasteiger partial charge in [0.25, 0.3) is 5.91 Å². The minimum Gasteiger partial charge on any atom is -0.357 e. The van der Waals surface area contributed by atoms with Gasteiger partial charge in [0.2, 0.25) is 5.91 Å². The molecule has 166 valence electrons. The zero-order valence-corrected chi connectivity index (χ0v) is 18.7. The van der Waals surface area contributed by atoms with Gasteiger partial charge in [-0.05, 0) is 61.3 Å². The number of aromatic amines is 1. The first-order chi connectivity index (χ1) is 15.6. The lowest BCUT2D eigenvalue weighted by atomic mass is 10.1. The summed E-state index contributed by atoms with van der Waals surface area (Å²) in [5.41, 5.74) is 4.12. The predicted octanol–water partition coefficient (Wildman–Crippen LogP) is 3.37. The Morgan fingerprint density at radius 3 is 2.84 bits per heavy atom. The molecule has 2 amide bonds. The van der Waals surface area contributed by atoms with E-state index in [1.165, 1.54) is 0 Å². The third kappa shape index (κ3) is 4.84. The number of amides is 2. The first-order valence-electron chi connectivity index (χ1n) is 10.7. The highest BCUT2D eigenvalue weighted by Crippen LogP contribution is 2.23. The summed E-state index contributed by atoms with van der Waals surface area (Å²) in [7, 11) is 1.87. The number of halogens is 1. The zero-order valence-electron chi connectivity index (χ0n) is 17.9. The van der Waals surface area contributed by atoms with E-state index < -0.39 is 6.04 Å². The topological polar surface area (TPSA) is 90.1 Å². The summed E-state index contributed by atoms with van der Waals surface area (Å²) in [5, 5.41) is 6.75. The second-order valence-electron chi connectivity index (χ2n) is 7.83. The molecule has 0 bridgehead atoms. The van der Waals surface area contributed by atoms with Crippen molar-refractivity contribution in [1.29, 1.82) is 0 Å². The lowest BCUT2D eigenvalue weighted by Crippen LogP contribution is -2.45. The Morgan fingerprint density at radius 2 is 2.06 bits per heavy atom. The molecule has 3 N–H and O–H groups in total. The molecular weight excluding hydrogens is 426 g/mol. The van der Waals surface area contributed by atoms with Crippen LogP contribution in [-0.2, 0) is 17.9 Å². The van der Waals surface area contributed by atoms with Crippen molar-refractivity contribution < 1.29 is 9.59 Å². The molecule has 3 aromatic rings. The van der Waals surface area contributed by atoms with Crippen LogP contribution in [0.5, 0.6) is 0 Å². The van der Waals surface area contributed by atoms with E-state index in [0.717, 1.165) is 28.8 Å². The summed E-state index contributed by atoms with van der Waals surface area (Å²) < 4.78 is 0. The van der Waals surface area contributed by atoms with E-state index in [4.69, 9.17) is 11.6 Å². The Bertz CT molecular complexity index is 1100. The fraction of sp³-hybridized carbons (Fsp3) is 0.292. The van der Waals surface area contributed by atoms with Crippen LogP contribution in [0.15, 0.2) is 54.9 Å². The minimum atomic E-state index is -0.490. The van der Waals surface area contributed by atoms with Crippen LogP contribution in [0.2, 0.25) is 5.02 Å². The number of likely N-dealkylation sites (tertiary alicyclic amines) is 1. The summed E-state index contributed by atoms with van der Waals surface area (Å²) in [6.07, 6.45) is 4.92. The largest absolute Gasteiger partial charge is 0.357 e. The van der Waals surface area contributed by atoms with Crippen molar-refractivity contribution in [2.75, 3.05) is 13.6 Å². The molecule has 0 spiro atoms. The molecule has 32 heavy (non-hydrogen) atoms. The number of H-pyrrole nitrogens is 1. The van der Waals surface area contributed by atoms with Crippen LogP contribution in [0, 0.1) is 0 Å². The zero-order chi connectivity index (χ0) is 22.5. The minimum absolute atomic E-state index is 0.150. The molecule has 0 aliphatic carbocycles. The summed E-state index contributed by atoms with van der Waals surface area (Å²) in [4.78, 5) is 35.1. The number of carbonyl (C=O) groups is 2. The highest BCUT2D eigenvalue weighted by atomic mass is 35.5. The SMILES string of the molecule is CNCc1ccc(Cl)cc1CNC(=O)[C@@H]1CCCN1C(=O)c1cc(-c2ccccn2)c[nH]1. The van der Waals surface area contributed by atoms with E-state index >= 15 is 0 Å². The average Bonchev–Trinajstić information content (AvgIpc) is 3.49. The lowest BCUT2D eigenvalue weighted by molar-refractivity contribution is -0.125. The molecule has 8 heteroatoms. The van der Waals surface area contributed by atoms with Gasteiger partial charge in [0.05, 0.1) is 5.69 Å². The summed E-state index contributed by atoms with van der Waals surface area (Å²) in [5.74, 6) is -0.328. The van der Waals surface area contributed by atoms with Gasteiger partial charge in [-0.3, -0.25) is 14.6 Å². The highest BCUT2D eigenvalue weighted by Gasteiger charge is 2.35. The molecule has 1 aliphatic rings. The van der Waals surface area contributed by atoms with Crippen molar-refractivity contribution in [2.24, 2.45) is 0 Å². The van der Waals surface area contributed by atoms with Gasteiger partial charge in [0, 0.05) is 42.6 Å². The Labute approximate surface area is 192 Å². The maximum atomic E-state index is 13.1. The normalized spacial score (nSPS) is 15.7. The van der Waals surface area contributed by atoms with E-state index in [2.05, 4.69) is 20.6 Å². The third-order valence-electron chi connectivity index (χ3n) is 5.68. The van der Waals surface area contributed by atoms with Crippen molar-refractivity contribution in [3.8, 4) is 11.3 Å². The van der Waals surface area contributed by atoms with Crippen molar-refractivity contribution in [3.05, 3.63) is 76.7 Å². The Morgan fingerprint density at radius 1 is 1.19 bits per heavy atom. The van der Waals surface area contributed by atoms with Crippen LogP contribution in [0.3, 0.4) is 0 Å². The summed E-state index contributed by atoms with van der Waals surface area (Å²) in [6.45, 7) is 1.60. The van der Waals surface area contributed by atoms with Crippen molar-refractivity contribution >= 4 is 23.4 Å². The molecule has 7 nitrogen and oxygen atoms in total. The fourth-order valence-corrected chi connectivity index (χ4v) is 4.25. The van der Waals surface area contributed by atoms with Gasteiger partial charge < -0.3 is 20.5 Å². The number of nitrogens with zero attached hydrogens (tertiary/aromatic N) is 2. The maximum absolute atomic E-state index is 13.1. The van der Waals surface area contributed by atoms with E-state index in [0.29, 0.717) is 36.8 Å². The standard InChI is InChI=1S/C24H26ClN5O2/c1-26-13-16-7-8-19(25)11-17(16)14-29-23(31)22-6-4-10-30(22)24(32)21-12-18(15-28-21)20-5-2-3-9-27-20/h2-3,5,7-9,11-12,15,22,26,28H,4,6,10,13-14H2,1H3,(H,29,31)/t22-/m0/s1. The van der Waals surface area contributed by atoms with Crippen LogP contribution < -0.4 is 10.6 Å². The van der Waals surface area contributed by atoms with E-state index in [1.54, 1.807) is 23.4 Å². The molecule has 2 aromatic heterocycles. The first kappa shape index (κ1) is 22.0. The van der Waals surface area contributed by atoms with Crippen molar-refractivity contribution in [2.45, 2.75) is 32.0 Å². The number of benzene rings is 1. The smallest absolute Gasteiger partial charge is 0.270 e. The van der Waals surface area contributed by atoms with Crippen molar-refractivity contribution in [3.63, 3.8) is 0 Å². The monoisotopic (exact) mass is 451 g/mol. The highest BCUT2D eigenvalue weighted by molar-refractivity contribution is 6.30. The molecule has 0 unspecified atom stereocenters. The third-order valence-corrected chi connectivity index (χ3v) is 5.91. The van der Waals surface area contributed by atoms with E-state index in [-0.39, 0.29) is 11.8 Å². The molecule has 4 rings (SSSR count). The van der Waals surface area contributed by atoms with Gasteiger partial charge in [0.15, 0.2) is 0 Å². The lowest BCUT2D eigenvalue weighted by Gasteiger charge is -2.23. The molecule has 1 atom stereocenters. The van der Waals surface area contributed by atoms with Crippen LogP contribution in [0.4, 0.5) is 0 Å². The molecular formula is C24H26ClN5O2. The number of hydrogen-bond acceptors (Lipinski definition) is 4. The number of aromatic nitrogens is 2. The molecule has 1 aromatic carbocycles. The van der Waals surface area contributed by atoms with E-state index in [9.17, 15) is 9.59 Å². The molecule has 1 fully saturated rings. The number of hydrogen-bond donors (Lipinski definition) is 3. The molecule has 1 saturated heterocycles. The van der Waals surface area contributed by atoms with Crippen LogP contribution in [0.1, 0.15) is 34.5 Å². The first-order valence-corrected chi connectivity index (χ1v) is 11.0. The quantitative estimate of drug-likeness (QED) is 0.513. The predicted molar refractivity (Wildman–Crippen MR) is 124 cm³/mol. The Hall–Kier alpha value is -3.16. The van der Waals surface area contributed by atoms with Gasteiger partial charge in [-0.15, -0.1) is 0 Å². The summed E-state index contributed by atoms with van der Waals surface area (Å²) >= 11 is 6.14. The number of carbonyl (C=O) groups excluding carboxylic acids is 2. The second-order valence-corrected chi connectivity index (χ2v) is 8.27. The van der Waals surface area contributed by atoms with Crippen LogP contribution in [-0.4, -0.2) is 46.3 Å². The number of pyridine rings is 1. The van der Waals surface area contributed by atoms with Crippen molar-refractivity contribution in [1.82, 2.24) is 25.5 Å². The van der Waals surface area contributed by atoms with Gasteiger partial charge in [-0.25, -0.2) is 0 Å². The summed E-state index contributed by atoms with van der Waals surface area (Å²) in [6, 6.07) is 12.6. The van der Waals surface area contributed by atoms with Crippen LogP contribution >= 0.6 is 11.6 Å². The maximum Gasteiger partial charge on any atom is 0.270 e. The second kappa shape index (κ2) is 9.97. The molecule has 0 saturated carbocycles. The van der Waals surface area contributed by atoms with Crippen LogP contribution in [0.25, 0.3) is 11.3 Å². The molecule has 0 radical (unpaired) electrons. The molecule has 1 aliphatic heterocycles. The van der Waals surface area contributed by atoms with E-state index in [1.807, 2.05) is 43.4 Å².